The first-order valence-corrected chi connectivity index (χ1v) is 20.7. The number of ether oxygens (including phenoxy) is 12. The van der Waals surface area contributed by atoms with Crippen LogP contribution in [-0.2, 0) is 47.5 Å². The van der Waals surface area contributed by atoms with Gasteiger partial charge >= 0.3 is 48.1 Å². The summed E-state index contributed by atoms with van der Waals surface area (Å²) in [5, 5.41) is 0. The highest BCUT2D eigenvalue weighted by Gasteiger charge is 2.51. The monoisotopic (exact) mass is 938 g/mol. The van der Waals surface area contributed by atoms with E-state index in [1.54, 1.807) is 0 Å². The summed E-state index contributed by atoms with van der Waals surface area (Å²) in [5.41, 5.74) is 0.585. The number of rotatable bonds is 20. The third-order valence-electron chi connectivity index (χ3n) is 9.50. The van der Waals surface area contributed by atoms with Crippen molar-refractivity contribution in [1.29, 1.82) is 0 Å². The van der Waals surface area contributed by atoms with Gasteiger partial charge in [-0.15, -0.1) is 0 Å². The molecule has 20 heteroatoms. The van der Waals surface area contributed by atoms with Crippen molar-refractivity contribution in [3.8, 4) is 23.0 Å². The van der Waals surface area contributed by atoms with Crippen molar-refractivity contribution < 1.29 is 95.2 Å². The third-order valence-corrected chi connectivity index (χ3v) is 9.50. The predicted octanol–water partition coefficient (Wildman–Crippen LogP) is 5.94. The standard InChI is InChI=1S/C48H42O20/c1-3-39(49)57-23-5-25-59-47(55)65-35-19-11-29(12-20-35)43(51)63-33-15-7-31(8-16-33)45(53)67-37-27-61-42-38(28-62-41(37)42)68-46(54)32-9-17-34(18-10-32)64-44(52)30-13-21-36(22-14-30)66-48(56)60-26-6-24-58-40(50)4-2/h3-4,7-22,37-38,41-42H,1-2,5-6,23-28H2/t37-,38+,41-,42-/m1/s1. The van der Waals surface area contributed by atoms with Crippen LogP contribution in [0.2, 0.25) is 0 Å². The minimum Gasteiger partial charge on any atom is -0.462 e. The molecule has 4 aromatic rings. The molecule has 0 unspecified atom stereocenters. The van der Waals surface area contributed by atoms with Crippen LogP contribution in [-0.4, -0.2) is 112 Å². The summed E-state index contributed by atoms with van der Waals surface area (Å²) < 4.78 is 63.3. The van der Waals surface area contributed by atoms with Crippen LogP contribution in [0.1, 0.15) is 54.3 Å². The summed E-state index contributed by atoms with van der Waals surface area (Å²) in [4.78, 5) is 97.4. The van der Waals surface area contributed by atoms with E-state index in [0.717, 1.165) is 12.2 Å². The van der Waals surface area contributed by atoms with Gasteiger partial charge in [-0.25, -0.2) is 38.4 Å². The van der Waals surface area contributed by atoms with E-state index in [2.05, 4.69) is 13.2 Å². The molecule has 2 aliphatic heterocycles. The van der Waals surface area contributed by atoms with Crippen molar-refractivity contribution in [2.75, 3.05) is 39.6 Å². The number of benzene rings is 4. The van der Waals surface area contributed by atoms with E-state index in [-0.39, 0.29) is 97.7 Å². The van der Waals surface area contributed by atoms with Crippen molar-refractivity contribution in [2.24, 2.45) is 0 Å². The Bertz CT molecular complexity index is 2290. The summed E-state index contributed by atoms with van der Waals surface area (Å²) in [6.45, 7) is 6.49. The molecule has 0 aliphatic carbocycles. The lowest BCUT2D eigenvalue weighted by Gasteiger charge is -2.17. The van der Waals surface area contributed by atoms with E-state index in [4.69, 9.17) is 56.8 Å². The van der Waals surface area contributed by atoms with Crippen LogP contribution >= 0.6 is 0 Å². The summed E-state index contributed by atoms with van der Waals surface area (Å²) in [7, 11) is 0. The van der Waals surface area contributed by atoms with E-state index < -0.39 is 72.5 Å². The van der Waals surface area contributed by atoms with E-state index in [1.807, 2.05) is 0 Å². The molecule has 0 radical (unpaired) electrons. The van der Waals surface area contributed by atoms with Gasteiger partial charge < -0.3 is 56.8 Å². The lowest BCUT2D eigenvalue weighted by Crippen LogP contribution is -2.36. The topological polar surface area (TPSA) is 247 Å². The minimum absolute atomic E-state index is 0.0226. The molecule has 0 amide bonds. The highest BCUT2D eigenvalue weighted by atomic mass is 16.7. The molecule has 2 fully saturated rings. The summed E-state index contributed by atoms with van der Waals surface area (Å²) in [5.74, 6) is -3.53. The number of esters is 6. The van der Waals surface area contributed by atoms with Gasteiger partial charge in [0.15, 0.2) is 12.2 Å². The van der Waals surface area contributed by atoms with E-state index >= 15 is 0 Å². The molecule has 0 aromatic heterocycles. The molecule has 6 rings (SSSR count). The molecule has 0 N–H and O–H groups in total. The Labute approximate surface area is 387 Å². The SMILES string of the molecule is C=CC(=O)OCCCOC(=O)Oc1ccc(C(=O)Oc2ccc(C(=O)O[C@H]3CO[C@H]4[C@@H]3OC[C@H]4OC(=O)c3ccc(OC(=O)c4ccc(OC(=O)OCCCOC(=O)C=C)cc4)cc3)cc2)cc1. The number of hydrogen-bond acceptors (Lipinski definition) is 20. The molecule has 2 saturated heterocycles. The third kappa shape index (κ3) is 14.3. The van der Waals surface area contributed by atoms with Crippen LogP contribution in [0.5, 0.6) is 23.0 Å². The van der Waals surface area contributed by atoms with Crippen LogP contribution in [0.15, 0.2) is 122 Å². The van der Waals surface area contributed by atoms with Crippen LogP contribution in [0.3, 0.4) is 0 Å². The van der Waals surface area contributed by atoms with Gasteiger partial charge in [0.25, 0.3) is 0 Å². The van der Waals surface area contributed by atoms with Gasteiger partial charge in [0.1, 0.15) is 35.2 Å². The molecular formula is C48H42O20. The molecule has 4 aromatic carbocycles. The van der Waals surface area contributed by atoms with Crippen molar-refractivity contribution in [2.45, 2.75) is 37.3 Å². The predicted molar refractivity (Wildman–Crippen MR) is 229 cm³/mol. The number of hydrogen-bond donors (Lipinski definition) is 0. The summed E-state index contributed by atoms with van der Waals surface area (Å²) in [6, 6.07) is 22.3. The van der Waals surface area contributed by atoms with Gasteiger partial charge in [-0.2, -0.15) is 0 Å². The smallest absolute Gasteiger partial charge is 0.462 e. The number of carbonyl (C=O) groups is 8. The van der Waals surface area contributed by atoms with Gasteiger partial charge in [-0.05, 0) is 97.1 Å². The first-order chi connectivity index (χ1) is 32.9. The average molecular weight is 939 g/mol. The maximum absolute atomic E-state index is 13.1. The average Bonchev–Trinajstić information content (AvgIpc) is 3.94. The lowest BCUT2D eigenvalue weighted by molar-refractivity contribution is -0.138. The molecular weight excluding hydrogens is 897 g/mol. The van der Waals surface area contributed by atoms with E-state index in [0.29, 0.717) is 0 Å². The molecule has 354 valence electrons. The van der Waals surface area contributed by atoms with Crippen LogP contribution in [0, 0.1) is 0 Å². The van der Waals surface area contributed by atoms with Gasteiger partial charge in [-0.3, -0.25) is 0 Å². The van der Waals surface area contributed by atoms with Gasteiger partial charge in [0.2, 0.25) is 0 Å². The largest absolute Gasteiger partial charge is 0.513 e. The minimum atomic E-state index is -0.985. The zero-order chi connectivity index (χ0) is 48.4. The Hall–Kier alpha value is -8.36. The summed E-state index contributed by atoms with van der Waals surface area (Å²) in [6.07, 6.45) is -2.49. The molecule has 4 atom stereocenters. The van der Waals surface area contributed by atoms with Crippen molar-refractivity contribution in [3.05, 3.63) is 145 Å². The second-order valence-corrected chi connectivity index (χ2v) is 14.2. The highest BCUT2D eigenvalue weighted by molar-refractivity contribution is 5.93. The second-order valence-electron chi connectivity index (χ2n) is 14.2. The molecule has 20 nitrogen and oxygen atoms in total. The summed E-state index contributed by atoms with van der Waals surface area (Å²) >= 11 is 0. The Kier molecular flexibility index (Phi) is 17.5. The second kappa shape index (κ2) is 24.2. The fourth-order valence-corrected chi connectivity index (χ4v) is 6.15. The van der Waals surface area contributed by atoms with Crippen molar-refractivity contribution in [1.82, 2.24) is 0 Å². The van der Waals surface area contributed by atoms with Gasteiger partial charge in [0.05, 0.1) is 61.9 Å². The number of fused-ring (bicyclic) bond motifs is 1. The van der Waals surface area contributed by atoms with Crippen LogP contribution in [0.4, 0.5) is 9.59 Å². The van der Waals surface area contributed by atoms with Crippen LogP contribution < -0.4 is 18.9 Å². The first kappa shape index (κ1) is 49.1. The molecule has 0 bridgehead atoms. The highest BCUT2D eigenvalue weighted by Crippen LogP contribution is 2.32. The Morgan fingerprint density at radius 3 is 1.04 bits per heavy atom. The fourth-order valence-electron chi connectivity index (χ4n) is 6.15. The lowest BCUT2D eigenvalue weighted by atomic mass is 10.1. The normalized spacial score (nSPS) is 16.6. The molecule has 68 heavy (non-hydrogen) atoms. The first-order valence-electron chi connectivity index (χ1n) is 20.7. The number of carbonyl (C=O) groups excluding carboxylic acids is 8. The Balaban J connectivity index is 0.888. The molecule has 2 heterocycles. The van der Waals surface area contributed by atoms with Crippen LogP contribution in [0.25, 0.3) is 0 Å². The molecule has 0 spiro atoms. The van der Waals surface area contributed by atoms with E-state index in [9.17, 15) is 38.4 Å². The quantitative estimate of drug-likeness (QED) is 0.0248. The maximum Gasteiger partial charge on any atom is 0.513 e. The van der Waals surface area contributed by atoms with E-state index in [1.165, 1.54) is 97.1 Å². The molecule has 2 aliphatic rings. The zero-order valence-electron chi connectivity index (χ0n) is 35.9. The molecule has 0 saturated carbocycles. The maximum atomic E-state index is 13.1. The fraction of sp³-hybridized carbons (Fsp3) is 0.250. The van der Waals surface area contributed by atoms with Gasteiger partial charge in [-0.1, -0.05) is 13.2 Å². The Morgan fingerprint density at radius 1 is 0.426 bits per heavy atom. The Morgan fingerprint density at radius 2 is 0.721 bits per heavy atom. The van der Waals surface area contributed by atoms with Crippen molar-refractivity contribution >= 4 is 48.1 Å². The van der Waals surface area contributed by atoms with Crippen molar-refractivity contribution in [3.63, 3.8) is 0 Å². The zero-order valence-corrected chi connectivity index (χ0v) is 35.9. The van der Waals surface area contributed by atoms with Gasteiger partial charge in [0, 0.05) is 25.0 Å².